The predicted octanol–water partition coefficient (Wildman–Crippen LogP) is 2.69. The summed E-state index contributed by atoms with van der Waals surface area (Å²) in [6.07, 6.45) is 6.45. The fraction of sp³-hybridized carbons (Fsp3) is 0.625. The molecule has 1 aliphatic heterocycles. The maximum absolute atomic E-state index is 3.79. The molecule has 1 aromatic carbocycles. The monoisotopic (exact) mass is 246 g/mol. The van der Waals surface area contributed by atoms with E-state index in [-0.39, 0.29) is 0 Å². The Kier molecular flexibility index (Phi) is 4.79. The van der Waals surface area contributed by atoms with Crippen molar-refractivity contribution in [3.8, 4) is 0 Å². The van der Waals surface area contributed by atoms with Gasteiger partial charge in [-0.1, -0.05) is 36.8 Å². The van der Waals surface area contributed by atoms with Crippen LogP contribution in [0.25, 0.3) is 0 Å². The van der Waals surface area contributed by atoms with Crippen LogP contribution in [0.15, 0.2) is 30.3 Å². The molecule has 1 heterocycles. The number of rotatable bonds is 5. The summed E-state index contributed by atoms with van der Waals surface area (Å²) in [4.78, 5) is 2.32. The molecule has 1 atom stereocenters. The number of aryl methyl sites for hydroxylation is 1. The molecule has 1 unspecified atom stereocenters. The highest BCUT2D eigenvalue weighted by atomic mass is 15.1. The molecule has 0 aliphatic carbocycles. The molecular weight excluding hydrogens is 220 g/mol. The third-order valence-electron chi connectivity index (χ3n) is 3.94. The van der Waals surface area contributed by atoms with Crippen LogP contribution < -0.4 is 5.32 Å². The molecular formula is C16H26N2. The van der Waals surface area contributed by atoms with Crippen LogP contribution in [0, 0.1) is 0 Å². The first-order valence-electron chi connectivity index (χ1n) is 7.14. The van der Waals surface area contributed by atoms with Gasteiger partial charge in [-0.3, -0.25) is 0 Å². The van der Waals surface area contributed by atoms with Crippen molar-refractivity contribution in [1.82, 2.24) is 10.2 Å². The second-order valence-corrected chi connectivity index (χ2v) is 5.89. The van der Waals surface area contributed by atoms with Crippen molar-refractivity contribution < 1.29 is 0 Å². The van der Waals surface area contributed by atoms with Crippen molar-refractivity contribution in [3.63, 3.8) is 0 Å². The number of hydrogen-bond acceptors (Lipinski definition) is 2. The lowest BCUT2D eigenvalue weighted by Crippen LogP contribution is -2.54. The van der Waals surface area contributed by atoms with Crippen molar-refractivity contribution in [2.45, 2.75) is 37.6 Å². The molecule has 1 fully saturated rings. The van der Waals surface area contributed by atoms with Crippen molar-refractivity contribution in [2.75, 3.05) is 27.2 Å². The van der Waals surface area contributed by atoms with Gasteiger partial charge in [-0.25, -0.2) is 0 Å². The van der Waals surface area contributed by atoms with Gasteiger partial charge in [-0.15, -0.1) is 0 Å². The molecule has 100 valence electrons. The average Bonchev–Trinajstić information content (AvgIpc) is 2.38. The number of hydrogen-bond donors (Lipinski definition) is 1. The van der Waals surface area contributed by atoms with E-state index in [0.29, 0.717) is 5.54 Å². The Balaban J connectivity index is 1.96. The number of likely N-dealkylation sites (N-methyl/N-ethyl adjacent to an activating group) is 1. The lowest BCUT2D eigenvalue weighted by molar-refractivity contribution is 0.178. The van der Waals surface area contributed by atoms with Crippen molar-refractivity contribution >= 4 is 0 Å². The summed E-state index contributed by atoms with van der Waals surface area (Å²) in [6.45, 7) is 2.34. The second-order valence-electron chi connectivity index (χ2n) is 5.89. The minimum Gasteiger partial charge on any atom is -0.310 e. The zero-order valence-corrected chi connectivity index (χ0v) is 11.8. The fourth-order valence-electron chi connectivity index (χ4n) is 3.09. The van der Waals surface area contributed by atoms with Crippen molar-refractivity contribution in [1.29, 1.82) is 0 Å². The predicted molar refractivity (Wildman–Crippen MR) is 77.9 cm³/mol. The first-order valence-corrected chi connectivity index (χ1v) is 7.14. The first-order chi connectivity index (χ1) is 8.70. The maximum Gasteiger partial charge on any atom is 0.0311 e. The Morgan fingerprint density at radius 1 is 1.17 bits per heavy atom. The number of piperidine rings is 1. The molecule has 0 radical (unpaired) electrons. The van der Waals surface area contributed by atoms with Gasteiger partial charge < -0.3 is 10.2 Å². The molecule has 0 bridgehead atoms. The van der Waals surface area contributed by atoms with E-state index in [1.807, 2.05) is 0 Å². The molecule has 1 aliphatic rings. The van der Waals surface area contributed by atoms with E-state index >= 15 is 0 Å². The van der Waals surface area contributed by atoms with E-state index in [1.165, 1.54) is 44.2 Å². The molecule has 1 aromatic rings. The molecule has 0 spiro atoms. The third kappa shape index (κ3) is 3.82. The molecule has 1 N–H and O–H groups in total. The summed E-state index contributed by atoms with van der Waals surface area (Å²) >= 11 is 0. The quantitative estimate of drug-likeness (QED) is 0.859. The minimum atomic E-state index is 0.331. The SMILES string of the molecule is CN(C)CC1(CCc2ccccc2)CCCCN1. The van der Waals surface area contributed by atoms with Crippen LogP contribution >= 0.6 is 0 Å². The third-order valence-corrected chi connectivity index (χ3v) is 3.94. The molecule has 1 saturated heterocycles. The zero-order chi connectivity index (χ0) is 12.8. The Morgan fingerprint density at radius 3 is 2.56 bits per heavy atom. The minimum absolute atomic E-state index is 0.331. The van der Waals surface area contributed by atoms with Crippen molar-refractivity contribution in [2.24, 2.45) is 0 Å². The van der Waals surface area contributed by atoms with Crippen LogP contribution in [0.4, 0.5) is 0 Å². The summed E-state index contributed by atoms with van der Waals surface area (Å²) in [5.74, 6) is 0. The van der Waals surface area contributed by atoms with E-state index in [0.717, 1.165) is 6.54 Å². The normalized spacial score (nSPS) is 24.4. The maximum atomic E-state index is 3.79. The zero-order valence-electron chi connectivity index (χ0n) is 11.8. The summed E-state index contributed by atoms with van der Waals surface area (Å²) in [5, 5.41) is 3.79. The summed E-state index contributed by atoms with van der Waals surface area (Å²) in [7, 11) is 4.36. The highest BCUT2D eigenvalue weighted by molar-refractivity contribution is 5.15. The second kappa shape index (κ2) is 6.35. The van der Waals surface area contributed by atoms with Gasteiger partial charge in [0.05, 0.1) is 0 Å². The number of benzene rings is 1. The smallest absolute Gasteiger partial charge is 0.0311 e. The van der Waals surface area contributed by atoms with Gasteiger partial charge in [0, 0.05) is 12.1 Å². The largest absolute Gasteiger partial charge is 0.310 e. The molecule has 2 rings (SSSR count). The highest BCUT2D eigenvalue weighted by Gasteiger charge is 2.31. The Morgan fingerprint density at radius 2 is 1.94 bits per heavy atom. The number of nitrogens with zero attached hydrogens (tertiary/aromatic N) is 1. The highest BCUT2D eigenvalue weighted by Crippen LogP contribution is 2.25. The van der Waals surface area contributed by atoms with Gasteiger partial charge in [0.25, 0.3) is 0 Å². The van der Waals surface area contributed by atoms with E-state index < -0.39 is 0 Å². The lowest BCUT2D eigenvalue weighted by Gasteiger charge is -2.40. The lowest BCUT2D eigenvalue weighted by atomic mass is 9.83. The van der Waals surface area contributed by atoms with E-state index in [2.05, 4.69) is 54.6 Å². The molecule has 0 aromatic heterocycles. The summed E-state index contributed by atoms with van der Waals surface area (Å²) < 4.78 is 0. The number of nitrogens with one attached hydrogen (secondary N) is 1. The molecule has 18 heavy (non-hydrogen) atoms. The van der Waals surface area contributed by atoms with Crippen LogP contribution in [-0.2, 0) is 6.42 Å². The van der Waals surface area contributed by atoms with Crippen LogP contribution in [0.2, 0.25) is 0 Å². The standard InChI is InChI=1S/C16H26N2/c1-18(2)14-16(11-6-7-13-17-16)12-10-15-8-4-3-5-9-15/h3-5,8-9,17H,6-7,10-14H2,1-2H3. The van der Waals surface area contributed by atoms with Gasteiger partial charge in [0.2, 0.25) is 0 Å². The van der Waals surface area contributed by atoms with Crippen molar-refractivity contribution in [3.05, 3.63) is 35.9 Å². The van der Waals surface area contributed by atoms with E-state index in [9.17, 15) is 0 Å². The molecule has 0 saturated carbocycles. The van der Waals surface area contributed by atoms with E-state index in [4.69, 9.17) is 0 Å². The summed E-state index contributed by atoms with van der Waals surface area (Å²) in [6, 6.07) is 10.9. The molecule has 2 nitrogen and oxygen atoms in total. The van der Waals surface area contributed by atoms with Crippen LogP contribution in [0.5, 0.6) is 0 Å². The average molecular weight is 246 g/mol. The van der Waals surface area contributed by atoms with Gasteiger partial charge in [0.15, 0.2) is 0 Å². The first kappa shape index (κ1) is 13.6. The molecule has 0 amide bonds. The van der Waals surface area contributed by atoms with Crippen LogP contribution in [-0.4, -0.2) is 37.6 Å². The Hall–Kier alpha value is -0.860. The Labute approximate surface area is 111 Å². The Bertz CT molecular complexity index is 339. The topological polar surface area (TPSA) is 15.3 Å². The summed E-state index contributed by atoms with van der Waals surface area (Å²) in [5.41, 5.74) is 1.79. The van der Waals surface area contributed by atoms with Gasteiger partial charge in [-0.05, 0) is 51.9 Å². The van der Waals surface area contributed by atoms with Crippen LogP contribution in [0.3, 0.4) is 0 Å². The van der Waals surface area contributed by atoms with Crippen LogP contribution in [0.1, 0.15) is 31.2 Å². The van der Waals surface area contributed by atoms with E-state index in [1.54, 1.807) is 0 Å². The fourth-order valence-corrected chi connectivity index (χ4v) is 3.09. The van der Waals surface area contributed by atoms with Gasteiger partial charge >= 0.3 is 0 Å². The molecule has 2 heteroatoms. The van der Waals surface area contributed by atoms with Gasteiger partial charge in [0.1, 0.15) is 0 Å². The van der Waals surface area contributed by atoms with Gasteiger partial charge in [-0.2, -0.15) is 0 Å².